The summed E-state index contributed by atoms with van der Waals surface area (Å²) in [6.07, 6.45) is 0. The van der Waals surface area contributed by atoms with E-state index in [1.807, 2.05) is 29.6 Å². The third kappa shape index (κ3) is 4.67. The topological polar surface area (TPSA) is 60.5 Å². The van der Waals surface area contributed by atoms with Crippen LogP contribution in [0.15, 0.2) is 41.1 Å². The predicted octanol–water partition coefficient (Wildman–Crippen LogP) is 6.21. The Bertz CT molecular complexity index is 925. The minimum atomic E-state index is -0.414. The predicted molar refractivity (Wildman–Crippen MR) is 111 cm³/mol. The van der Waals surface area contributed by atoms with Crippen molar-refractivity contribution in [1.82, 2.24) is 4.98 Å². The first-order valence-corrected chi connectivity index (χ1v) is 10.4. The van der Waals surface area contributed by atoms with Crippen LogP contribution in [0.2, 0.25) is 0 Å². The van der Waals surface area contributed by atoms with Crippen molar-refractivity contribution in [2.24, 2.45) is 0 Å². The average molecular weight is 403 g/mol. The van der Waals surface area contributed by atoms with Gasteiger partial charge in [0.25, 0.3) is 0 Å². The number of hydrogen-bond acceptors (Lipinski definition) is 7. The van der Waals surface area contributed by atoms with Gasteiger partial charge in [-0.3, -0.25) is 0 Å². The van der Waals surface area contributed by atoms with E-state index in [1.165, 1.54) is 22.7 Å². The molecule has 2 heterocycles. The van der Waals surface area contributed by atoms with Crippen molar-refractivity contribution < 1.29 is 14.3 Å². The molecule has 3 aromatic rings. The van der Waals surface area contributed by atoms with Crippen molar-refractivity contribution in [3.63, 3.8) is 0 Å². The van der Waals surface area contributed by atoms with Crippen molar-refractivity contribution in [1.29, 1.82) is 0 Å². The van der Waals surface area contributed by atoms with Gasteiger partial charge in [-0.25, -0.2) is 9.78 Å². The summed E-state index contributed by atoms with van der Waals surface area (Å²) in [5.41, 5.74) is 2.24. The Kier molecular flexibility index (Phi) is 5.82. The minimum Gasteiger partial charge on any atom is -0.461 e. The van der Waals surface area contributed by atoms with Gasteiger partial charge in [0, 0.05) is 10.9 Å². The van der Waals surface area contributed by atoms with Gasteiger partial charge in [-0.1, -0.05) is 39.0 Å². The molecule has 0 aliphatic heterocycles. The van der Waals surface area contributed by atoms with Crippen LogP contribution < -0.4 is 10.1 Å². The van der Waals surface area contributed by atoms with Crippen LogP contribution in [0.1, 0.15) is 43.7 Å². The van der Waals surface area contributed by atoms with Gasteiger partial charge in [-0.15, -0.1) is 22.7 Å². The number of hydrogen-bond donors (Lipinski definition) is 1. The molecule has 27 heavy (non-hydrogen) atoms. The highest BCUT2D eigenvalue weighted by atomic mass is 32.1. The smallest absolute Gasteiger partial charge is 0.357 e. The second-order valence-electron chi connectivity index (χ2n) is 6.85. The molecule has 142 valence electrons. The second-order valence-corrected chi connectivity index (χ2v) is 8.59. The monoisotopic (exact) mass is 402 g/mol. The third-order valence-electron chi connectivity index (χ3n) is 3.76. The van der Waals surface area contributed by atoms with Crippen LogP contribution in [-0.4, -0.2) is 17.6 Å². The van der Waals surface area contributed by atoms with Gasteiger partial charge >= 0.3 is 5.97 Å². The van der Waals surface area contributed by atoms with E-state index in [0.29, 0.717) is 17.4 Å². The molecule has 0 saturated carbocycles. The molecule has 1 N–H and O–H groups in total. The molecule has 0 amide bonds. The van der Waals surface area contributed by atoms with Crippen molar-refractivity contribution in [2.75, 3.05) is 11.9 Å². The molecular formula is C20H22N2O3S2. The highest BCUT2D eigenvalue weighted by Gasteiger charge is 2.20. The summed E-state index contributed by atoms with van der Waals surface area (Å²) in [6, 6.07) is 9.99. The summed E-state index contributed by atoms with van der Waals surface area (Å²) < 4.78 is 11.2. The summed E-state index contributed by atoms with van der Waals surface area (Å²) >= 11 is 2.86. The third-order valence-corrected chi connectivity index (χ3v) is 5.30. The summed E-state index contributed by atoms with van der Waals surface area (Å²) in [6.45, 7) is 8.59. The van der Waals surface area contributed by atoms with Crippen LogP contribution in [0, 0.1) is 0 Å². The molecule has 1 aromatic carbocycles. The lowest BCUT2D eigenvalue weighted by Gasteiger charge is -2.22. The van der Waals surface area contributed by atoms with Crippen molar-refractivity contribution in [2.45, 2.75) is 33.1 Å². The Morgan fingerprint density at radius 1 is 1.19 bits per heavy atom. The quantitative estimate of drug-likeness (QED) is 0.496. The average Bonchev–Trinajstić information content (AvgIpc) is 3.25. The Hall–Kier alpha value is -2.38. The molecule has 0 aliphatic carbocycles. The van der Waals surface area contributed by atoms with Gasteiger partial charge in [-0.05, 0) is 29.9 Å². The lowest BCUT2D eigenvalue weighted by atomic mass is 9.86. The van der Waals surface area contributed by atoms with E-state index >= 15 is 0 Å². The molecule has 0 spiro atoms. The van der Waals surface area contributed by atoms with Crippen LogP contribution in [-0.2, 0) is 10.2 Å². The summed E-state index contributed by atoms with van der Waals surface area (Å²) in [7, 11) is 0. The maximum atomic E-state index is 11.8. The van der Waals surface area contributed by atoms with E-state index in [1.54, 1.807) is 12.3 Å². The fraction of sp³-hybridized carbons (Fsp3) is 0.300. The second kappa shape index (κ2) is 8.10. The lowest BCUT2D eigenvalue weighted by Crippen LogP contribution is -2.12. The summed E-state index contributed by atoms with van der Waals surface area (Å²) in [4.78, 5) is 16.1. The first-order valence-electron chi connectivity index (χ1n) is 8.63. The maximum absolute atomic E-state index is 11.8. The van der Waals surface area contributed by atoms with Crippen LogP contribution in [0.3, 0.4) is 0 Å². The number of rotatable bonds is 6. The number of thiophene rings is 1. The van der Waals surface area contributed by atoms with Crippen LogP contribution in [0.4, 0.5) is 10.8 Å². The van der Waals surface area contributed by atoms with E-state index in [0.717, 1.165) is 22.1 Å². The molecule has 7 heteroatoms. The minimum absolute atomic E-state index is 0.0225. The van der Waals surface area contributed by atoms with Gasteiger partial charge in [0.15, 0.2) is 10.8 Å². The number of nitrogens with one attached hydrogen (secondary N) is 1. The summed E-state index contributed by atoms with van der Waals surface area (Å²) in [5.74, 6) is 0.421. The number of para-hydroxylation sites is 1. The fourth-order valence-electron chi connectivity index (χ4n) is 2.49. The van der Waals surface area contributed by atoms with Crippen molar-refractivity contribution >= 4 is 39.5 Å². The molecule has 3 rings (SSSR count). The zero-order valence-corrected chi connectivity index (χ0v) is 17.4. The van der Waals surface area contributed by atoms with Gasteiger partial charge in [-0.2, -0.15) is 0 Å². The Balaban J connectivity index is 1.79. The molecule has 0 bridgehead atoms. The molecule has 2 aromatic heterocycles. The van der Waals surface area contributed by atoms with E-state index < -0.39 is 5.97 Å². The molecular weight excluding hydrogens is 380 g/mol. The number of aromatic nitrogens is 1. The first kappa shape index (κ1) is 19.4. The van der Waals surface area contributed by atoms with Crippen LogP contribution in [0.5, 0.6) is 10.8 Å². The van der Waals surface area contributed by atoms with E-state index in [4.69, 9.17) is 9.47 Å². The van der Waals surface area contributed by atoms with Crippen molar-refractivity contribution in [3.8, 4) is 10.8 Å². The fourth-order valence-corrected chi connectivity index (χ4v) is 3.89. The molecule has 0 atom stereocenters. The number of anilines is 2. The standard InChI is InChI=1S/C20H22N2O3S2/c1-5-24-17(23)15-12-27-19(22-15)21-14-10-11-26-18(14)25-16-9-7-6-8-13(16)20(2,3)4/h6-12H,5H2,1-4H3,(H,21,22). The number of nitrogens with zero attached hydrogens (tertiary/aromatic N) is 1. The first-order chi connectivity index (χ1) is 12.9. The SMILES string of the molecule is CCOC(=O)c1csc(Nc2ccsc2Oc2ccccc2C(C)(C)C)n1. The molecule has 0 saturated heterocycles. The van der Waals surface area contributed by atoms with Gasteiger partial charge in [0.2, 0.25) is 5.06 Å². The molecule has 0 fully saturated rings. The zero-order valence-electron chi connectivity index (χ0n) is 15.7. The molecule has 0 unspecified atom stereocenters. The number of thiazole rings is 1. The number of esters is 1. The van der Waals surface area contributed by atoms with E-state index in [2.05, 4.69) is 37.1 Å². The molecule has 5 nitrogen and oxygen atoms in total. The van der Waals surface area contributed by atoms with Gasteiger partial charge in [0.1, 0.15) is 5.75 Å². The Labute approximate surface area is 167 Å². The number of benzene rings is 1. The number of ether oxygens (including phenoxy) is 2. The van der Waals surface area contributed by atoms with Gasteiger partial charge in [0.05, 0.1) is 12.3 Å². The highest BCUT2D eigenvalue weighted by Crippen LogP contribution is 2.40. The molecule has 0 aliphatic rings. The van der Waals surface area contributed by atoms with Crippen LogP contribution in [0.25, 0.3) is 0 Å². The Morgan fingerprint density at radius 2 is 1.96 bits per heavy atom. The van der Waals surface area contributed by atoms with Crippen molar-refractivity contribution in [3.05, 3.63) is 52.3 Å². The lowest BCUT2D eigenvalue weighted by molar-refractivity contribution is 0.0520. The van der Waals surface area contributed by atoms with Crippen LogP contribution >= 0.6 is 22.7 Å². The highest BCUT2D eigenvalue weighted by molar-refractivity contribution is 7.14. The summed E-state index contributed by atoms with van der Waals surface area (Å²) in [5, 5.41) is 8.24. The maximum Gasteiger partial charge on any atom is 0.357 e. The van der Waals surface area contributed by atoms with Gasteiger partial charge < -0.3 is 14.8 Å². The zero-order chi connectivity index (χ0) is 19.4. The normalized spacial score (nSPS) is 11.3. The van der Waals surface area contributed by atoms with E-state index in [9.17, 15) is 4.79 Å². The number of carbonyl (C=O) groups is 1. The largest absolute Gasteiger partial charge is 0.461 e. The Morgan fingerprint density at radius 3 is 2.70 bits per heavy atom. The van der Waals surface area contributed by atoms with E-state index in [-0.39, 0.29) is 5.41 Å². The number of carbonyl (C=O) groups excluding carboxylic acids is 1. The molecule has 0 radical (unpaired) electrons.